The molecule has 2 N–H and O–H groups in total. The minimum Gasteiger partial charge on any atom is -0.491 e. The maximum absolute atomic E-state index is 12.9. The van der Waals surface area contributed by atoms with E-state index in [1.807, 2.05) is 23.9 Å². The molecule has 2 rings (SSSR count). The summed E-state index contributed by atoms with van der Waals surface area (Å²) in [7, 11) is 0. The maximum atomic E-state index is 12.9. The van der Waals surface area contributed by atoms with Crippen molar-refractivity contribution in [2.24, 2.45) is 4.99 Å². The van der Waals surface area contributed by atoms with Crippen LogP contribution in [0.3, 0.4) is 0 Å². The largest absolute Gasteiger partial charge is 0.491 e. The first-order valence-corrected chi connectivity index (χ1v) is 8.79. The molecule has 9 heteroatoms. The number of hydrogen-bond donors (Lipinski definition) is 2. The molecular weight excluding hydrogens is 359 g/mol. The van der Waals surface area contributed by atoms with E-state index in [4.69, 9.17) is 4.74 Å². The highest BCUT2D eigenvalue weighted by molar-refractivity contribution is 5.79. The van der Waals surface area contributed by atoms with Gasteiger partial charge in [0.25, 0.3) is 0 Å². The fraction of sp³-hybridized carbons (Fsp3) is 0.444. The van der Waals surface area contributed by atoms with Crippen LogP contribution in [0.2, 0.25) is 0 Å². The molecule has 6 nitrogen and oxygen atoms in total. The van der Waals surface area contributed by atoms with E-state index in [-0.39, 0.29) is 12.4 Å². The van der Waals surface area contributed by atoms with Crippen molar-refractivity contribution in [3.05, 3.63) is 48.3 Å². The average Bonchev–Trinajstić information content (AvgIpc) is 3.15. The molecule has 0 unspecified atom stereocenters. The Morgan fingerprint density at radius 1 is 1.22 bits per heavy atom. The predicted octanol–water partition coefficient (Wildman–Crippen LogP) is 2.93. The number of nitrogens with zero attached hydrogens (tertiary/aromatic N) is 3. The van der Waals surface area contributed by atoms with Crippen LogP contribution in [-0.4, -0.2) is 42.0 Å². The number of hydrogen-bond acceptors (Lipinski definition) is 3. The van der Waals surface area contributed by atoms with Crippen molar-refractivity contribution in [2.75, 3.05) is 26.2 Å². The fourth-order valence-corrected chi connectivity index (χ4v) is 2.36. The van der Waals surface area contributed by atoms with Crippen molar-refractivity contribution in [1.82, 2.24) is 20.4 Å². The molecule has 0 aliphatic rings. The van der Waals surface area contributed by atoms with E-state index in [0.29, 0.717) is 25.6 Å². The zero-order valence-corrected chi connectivity index (χ0v) is 15.2. The molecule has 0 aliphatic heterocycles. The van der Waals surface area contributed by atoms with Crippen molar-refractivity contribution in [3.8, 4) is 5.75 Å². The summed E-state index contributed by atoms with van der Waals surface area (Å²) >= 11 is 0. The number of nitrogens with one attached hydrogen (secondary N) is 2. The van der Waals surface area contributed by atoms with Gasteiger partial charge < -0.3 is 15.4 Å². The minimum atomic E-state index is -4.44. The normalized spacial score (nSPS) is 12.1. The van der Waals surface area contributed by atoms with Gasteiger partial charge in [-0.1, -0.05) is 12.1 Å². The molecule has 27 heavy (non-hydrogen) atoms. The smallest absolute Gasteiger partial charge is 0.419 e. The van der Waals surface area contributed by atoms with Crippen LogP contribution in [0, 0.1) is 0 Å². The van der Waals surface area contributed by atoms with E-state index in [9.17, 15) is 13.2 Å². The molecule has 0 aliphatic carbocycles. The molecule has 0 bridgehead atoms. The van der Waals surface area contributed by atoms with E-state index < -0.39 is 11.7 Å². The van der Waals surface area contributed by atoms with Gasteiger partial charge in [0.2, 0.25) is 0 Å². The number of para-hydroxylation sites is 1. The molecule has 0 atom stereocenters. The number of rotatable bonds is 9. The van der Waals surface area contributed by atoms with Gasteiger partial charge >= 0.3 is 6.18 Å². The summed E-state index contributed by atoms with van der Waals surface area (Å²) in [6.45, 7) is 4.42. The fourth-order valence-electron chi connectivity index (χ4n) is 2.36. The lowest BCUT2D eigenvalue weighted by Crippen LogP contribution is -2.39. The van der Waals surface area contributed by atoms with E-state index in [1.165, 1.54) is 18.2 Å². The topological polar surface area (TPSA) is 63.5 Å². The Morgan fingerprint density at radius 3 is 2.74 bits per heavy atom. The lowest BCUT2D eigenvalue weighted by atomic mass is 10.2. The summed E-state index contributed by atoms with van der Waals surface area (Å²) in [5.41, 5.74) is -0.774. The van der Waals surface area contributed by atoms with Crippen molar-refractivity contribution in [1.29, 1.82) is 0 Å². The first kappa shape index (κ1) is 20.6. The number of alkyl halides is 3. The third-order valence-electron chi connectivity index (χ3n) is 3.56. The Bertz CT molecular complexity index is 701. The molecule has 0 fully saturated rings. The second-order valence-corrected chi connectivity index (χ2v) is 5.65. The van der Waals surface area contributed by atoms with Gasteiger partial charge in [0, 0.05) is 32.0 Å². The summed E-state index contributed by atoms with van der Waals surface area (Å²) in [5.74, 6) is 0.429. The Labute approximate surface area is 156 Å². The number of halogens is 3. The SMILES string of the molecule is CCNC(=NCCCn1cccn1)NCCOc1ccccc1C(F)(F)F. The number of aryl methyl sites for hydroxylation is 1. The number of benzene rings is 1. The van der Waals surface area contributed by atoms with Crippen LogP contribution in [0.5, 0.6) is 5.75 Å². The van der Waals surface area contributed by atoms with Crippen molar-refractivity contribution in [3.63, 3.8) is 0 Å². The molecule has 148 valence electrons. The van der Waals surface area contributed by atoms with Gasteiger partial charge in [0.15, 0.2) is 5.96 Å². The summed E-state index contributed by atoms with van der Waals surface area (Å²) < 4.78 is 45.9. The lowest BCUT2D eigenvalue weighted by Gasteiger charge is -2.15. The number of guanidine groups is 1. The summed E-state index contributed by atoms with van der Waals surface area (Å²) in [4.78, 5) is 4.43. The van der Waals surface area contributed by atoms with Gasteiger partial charge in [0.05, 0.1) is 12.1 Å². The molecule has 0 radical (unpaired) electrons. The van der Waals surface area contributed by atoms with Gasteiger partial charge in [-0.2, -0.15) is 18.3 Å². The average molecular weight is 383 g/mol. The van der Waals surface area contributed by atoms with Gasteiger partial charge in [0.1, 0.15) is 12.4 Å². The first-order valence-electron chi connectivity index (χ1n) is 8.79. The highest BCUT2D eigenvalue weighted by Crippen LogP contribution is 2.35. The van der Waals surface area contributed by atoms with Crippen LogP contribution < -0.4 is 15.4 Å². The second kappa shape index (κ2) is 10.4. The zero-order chi connectivity index (χ0) is 19.5. The van der Waals surface area contributed by atoms with Crippen LogP contribution in [0.1, 0.15) is 18.9 Å². The molecule has 2 aromatic rings. The zero-order valence-electron chi connectivity index (χ0n) is 15.2. The summed E-state index contributed by atoms with van der Waals surface area (Å²) in [6, 6.07) is 7.05. The molecule has 1 heterocycles. The molecule has 0 saturated heterocycles. The molecule has 0 saturated carbocycles. The third kappa shape index (κ3) is 7.20. The molecule has 0 spiro atoms. The maximum Gasteiger partial charge on any atom is 0.419 e. The second-order valence-electron chi connectivity index (χ2n) is 5.65. The van der Waals surface area contributed by atoms with Crippen molar-refractivity contribution >= 4 is 5.96 Å². The van der Waals surface area contributed by atoms with Gasteiger partial charge in [-0.3, -0.25) is 9.67 Å². The first-order chi connectivity index (χ1) is 13.0. The van der Waals surface area contributed by atoms with Crippen molar-refractivity contribution < 1.29 is 17.9 Å². The minimum absolute atomic E-state index is 0.0881. The van der Waals surface area contributed by atoms with Crippen LogP contribution in [-0.2, 0) is 12.7 Å². The standard InChI is InChI=1S/C18H24F3N5O/c1-2-22-17(23-9-5-12-26-13-6-10-25-26)24-11-14-27-16-8-4-3-7-15(16)18(19,20)21/h3-4,6-8,10,13H,2,5,9,11-12,14H2,1H3,(H2,22,23,24). The predicted molar refractivity (Wildman–Crippen MR) is 97.8 cm³/mol. The third-order valence-corrected chi connectivity index (χ3v) is 3.56. The van der Waals surface area contributed by atoms with Crippen molar-refractivity contribution in [2.45, 2.75) is 26.1 Å². The molecule has 1 aromatic carbocycles. The van der Waals surface area contributed by atoms with E-state index in [0.717, 1.165) is 19.0 Å². The van der Waals surface area contributed by atoms with Crippen LogP contribution in [0.25, 0.3) is 0 Å². The van der Waals surface area contributed by atoms with E-state index >= 15 is 0 Å². The summed E-state index contributed by atoms with van der Waals surface area (Å²) in [5, 5.41) is 10.3. The number of aromatic nitrogens is 2. The quantitative estimate of drug-likeness (QED) is 0.397. The Morgan fingerprint density at radius 2 is 2.04 bits per heavy atom. The molecule has 1 aromatic heterocycles. The van der Waals surface area contributed by atoms with E-state index in [2.05, 4.69) is 20.7 Å². The summed E-state index contributed by atoms with van der Waals surface area (Å²) in [6.07, 6.45) is 0.0117. The Hall–Kier alpha value is -2.71. The van der Waals surface area contributed by atoms with E-state index in [1.54, 1.807) is 6.20 Å². The van der Waals surface area contributed by atoms with Crippen LogP contribution in [0.4, 0.5) is 13.2 Å². The number of aliphatic imine (C=N–C) groups is 1. The monoisotopic (exact) mass is 383 g/mol. The Balaban J connectivity index is 1.76. The van der Waals surface area contributed by atoms with Gasteiger partial charge in [-0.05, 0) is 31.5 Å². The lowest BCUT2D eigenvalue weighted by molar-refractivity contribution is -0.138. The number of ether oxygens (including phenoxy) is 1. The van der Waals surface area contributed by atoms with Gasteiger partial charge in [-0.15, -0.1) is 0 Å². The van der Waals surface area contributed by atoms with Gasteiger partial charge in [-0.25, -0.2) is 0 Å². The molecular formula is C18H24F3N5O. The molecule has 0 amide bonds. The highest BCUT2D eigenvalue weighted by atomic mass is 19.4. The Kier molecular flexibility index (Phi) is 7.97. The van der Waals surface area contributed by atoms with Crippen LogP contribution >= 0.6 is 0 Å². The van der Waals surface area contributed by atoms with Crippen LogP contribution in [0.15, 0.2) is 47.7 Å². The highest BCUT2D eigenvalue weighted by Gasteiger charge is 2.33.